The number of hydrogen-bond donors (Lipinski definition) is 1. The third kappa shape index (κ3) is 3.81. The van der Waals surface area contributed by atoms with Crippen molar-refractivity contribution in [3.8, 4) is 5.75 Å². The standard InChI is InChI=1S/C24H23N3O/c1-16-5-4-6-23(26-16)27-24(19-11-13-21(28-3)14-12-19)20-10-9-18-8-7-17(2)25-22(18)15-20/h4-15,24H,1-3H3,(H,26,27). The number of nitrogens with zero attached hydrogens (tertiary/aromatic N) is 2. The van der Waals surface area contributed by atoms with Crippen molar-refractivity contribution in [2.45, 2.75) is 19.9 Å². The third-order valence-corrected chi connectivity index (χ3v) is 4.82. The Hall–Kier alpha value is -3.40. The van der Waals surface area contributed by atoms with Gasteiger partial charge in [-0.2, -0.15) is 0 Å². The van der Waals surface area contributed by atoms with E-state index in [0.29, 0.717) is 0 Å². The zero-order valence-electron chi connectivity index (χ0n) is 16.3. The molecule has 1 unspecified atom stereocenters. The maximum atomic E-state index is 5.32. The molecule has 28 heavy (non-hydrogen) atoms. The summed E-state index contributed by atoms with van der Waals surface area (Å²) >= 11 is 0. The first-order valence-corrected chi connectivity index (χ1v) is 9.34. The van der Waals surface area contributed by atoms with Gasteiger partial charge in [-0.15, -0.1) is 0 Å². The summed E-state index contributed by atoms with van der Waals surface area (Å²) < 4.78 is 5.32. The van der Waals surface area contributed by atoms with E-state index in [-0.39, 0.29) is 6.04 Å². The van der Waals surface area contributed by atoms with Crippen LogP contribution in [0.1, 0.15) is 28.6 Å². The highest BCUT2D eigenvalue weighted by atomic mass is 16.5. The van der Waals surface area contributed by atoms with E-state index in [2.05, 4.69) is 46.7 Å². The largest absolute Gasteiger partial charge is 0.497 e. The van der Waals surface area contributed by atoms with Crippen molar-refractivity contribution in [3.05, 3.63) is 95.3 Å². The second-order valence-corrected chi connectivity index (χ2v) is 6.92. The van der Waals surface area contributed by atoms with Gasteiger partial charge in [-0.05, 0) is 61.4 Å². The highest BCUT2D eigenvalue weighted by Gasteiger charge is 2.16. The molecule has 2 heterocycles. The van der Waals surface area contributed by atoms with Crippen LogP contribution in [0.3, 0.4) is 0 Å². The molecule has 0 aliphatic rings. The lowest BCUT2D eigenvalue weighted by Crippen LogP contribution is -2.13. The molecule has 0 amide bonds. The predicted molar refractivity (Wildman–Crippen MR) is 114 cm³/mol. The van der Waals surface area contributed by atoms with Crippen LogP contribution in [0.4, 0.5) is 5.82 Å². The molecule has 0 saturated heterocycles. The summed E-state index contributed by atoms with van der Waals surface area (Å²) in [5, 5.41) is 4.73. The molecule has 4 nitrogen and oxygen atoms in total. The summed E-state index contributed by atoms with van der Waals surface area (Å²) in [5.41, 5.74) is 5.26. The molecule has 0 radical (unpaired) electrons. The van der Waals surface area contributed by atoms with E-state index in [1.165, 1.54) is 0 Å². The van der Waals surface area contributed by atoms with E-state index < -0.39 is 0 Å². The predicted octanol–water partition coefficient (Wildman–Crippen LogP) is 5.46. The van der Waals surface area contributed by atoms with Crippen LogP contribution in [0.15, 0.2) is 72.8 Å². The van der Waals surface area contributed by atoms with Gasteiger partial charge in [0.15, 0.2) is 0 Å². The third-order valence-electron chi connectivity index (χ3n) is 4.82. The molecule has 0 bridgehead atoms. The summed E-state index contributed by atoms with van der Waals surface area (Å²) in [6.45, 7) is 4.01. The van der Waals surface area contributed by atoms with E-state index in [1.807, 2.05) is 50.2 Å². The first-order valence-electron chi connectivity index (χ1n) is 9.34. The zero-order chi connectivity index (χ0) is 19.5. The molecule has 1 N–H and O–H groups in total. The molecule has 0 fully saturated rings. The number of aryl methyl sites for hydroxylation is 2. The van der Waals surface area contributed by atoms with E-state index in [4.69, 9.17) is 9.72 Å². The minimum absolute atomic E-state index is 0.0491. The molecule has 140 valence electrons. The lowest BCUT2D eigenvalue weighted by atomic mass is 9.97. The number of fused-ring (bicyclic) bond motifs is 1. The van der Waals surface area contributed by atoms with Gasteiger partial charge >= 0.3 is 0 Å². The maximum absolute atomic E-state index is 5.32. The maximum Gasteiger partial charge on any atom is 0.126 e. The first kappa shape index (κ1) is 18.0. The SMILES string of the molecule is COc1ccc(C(Nc2cccc(C)n2)c2ccc3ccc(C)nc3c2)cc1. The van der Waals surface area contributed by atoms with E-state index in [1.54, 1.807) is 7.11 Å². The van der Waals surface area contributed by atoms with E-state index >= 15 is 0 Å². The Morgan fingerprint density at radius 2 is 1.50 bits per heavy atom. The van der Waals surface area contributed by atoms with E-state index in [0.717, 1.165) is 45.0 Å². The Labute approximate surface area is 165 Å². The quantitative estimate of drug-likeness (QED) is 0.508. The normalized spacial score (nSPS) is 12.0. The molecule has 0 aliphatic heterocycles. The fourth-order valence-corrected chi connectivity index (χ4v) is 3.34. The molecular formula is C24H23N3O. The molecular weight excluding hydrogens is 346 g/mol. The number of rotatable bonds is 5. The number of aromatic nitrogens is 2. The van der Waals surface area contributed by atoms with Gasteiger partial charge < -0.3 is 10.1 Å². The summed E-state index contributed by atoms with van der Waals surface area (Å²) in [5.74, 6) is 1.69. The number of pyridine rings is 2. The van der Waals surface area contributed by atoms with Gasteiger partial charge in [0.2, 0.25) is 0 Å². The second kappa shape index (κ2) is 7.69. The van der Waals surface area contributed by atoms with Crippen molar-refractivity contribution < 1.29 is 4.74 Å². The van der Waals surface area contributed by atoms with Crippen molar-refractivity contribution in [2.75, 3.05) is 12.4 Å². The lowest BCUT2D eigenvalue weighted by molar-refractivity contribution is 0.414. The number of anilines is 1. The Kier molecular flexibility index (Phi) is 4.94. The highest BCUT2D eigenvalue weighted by Crippen LogP contribution is 2.29. The van der Waals surface area contributed by atoms with Crippen LogP contribution >= 0.6 is 0 Å². The van der Waals surface area contributed by atoms with Crippen LogP contribution in [-0.2, 0) is 0 Å². The van der Waals surface area contributed by atoms with Crippen molar-refractivity contribution >= 4 is 16.7 Å². The van der Waals surface area contributed by atoms with Crippen LogP contribution in [0.2, 0.25) is 0 Å². The number of ether oxygens (including phenoxy) is 1. The van der Waals surface area contributed by atoms with Crippen LogP contribution in [0.5, 0.6) is 5.75 Å². The average molecular weight is 369 g/mol. The van der Waals surface area contributed by atoms with Crippen LogP contribution < -0.4 is 10.1 Å². The highest BCUT2D eigenvalue weighted by molar-refractivity contribution is 5.79. The molecule has 0 aliphatic carbocycles. The van der Waals surface area contributed by atoms with Gasteiger partial charge in [0.25, 0.3) is 0 Å². The minimum atomic E-state index is -0.0491. The number of methoxy groups -OCH3 is 1. The van der Waals surface area contributed by atoms with Crippen molar-refractivity contribution in [1.82, 2.24) is 9.97 Å². The fraction of sp³-hybridized carbons (Fsp3) is 0.167. The molecule has 0 saturated carbocycles. The monoisotopic (exact) mass is 369 g/mol. The molecule has 2 aromatic carbocycles. The molecule has 4 rings (SSSR count). The van der Waals surface area contributed by atoms with E-state index in [9.17, 15) is 0 Å². The Bertz CT molecular complexity index is 1110. The molecule has 4 aromatic rings. The van der Waals surface area contributed by atoms with Gasteiger partial charge in [-0.3, -0.25) is 4.98 Å². The number of benzene rings is 2. The van der Waals surface area contributed by atoms with Crippen molar-refractivity contribution in [1.29, 1.82) is 0 Å². The van der Waals surface area contributed by atoms with Crippen LogP contribution in [0.25, 0.3) is 10.9 Å². The number of hydrogen-bond acceptors (Lipinski definition) is 4. The molecule has 1 atom stereocenters. The smallest absolute Gasteiger partial charge is 0.126 e. The topological polar surface area (TPSA) is 47.0 Å². The van der Waals surface area contributed by atoms with Crippen LogP contribution in [-0.4, -0.2) is 17.1 Å². The number of nitrogens with one attached hydrogen (secondary N) is 1. The van der Waals surface area contributed by atoms with Gasteiger partial charge in [-0.1, -0.05) is 36.4 Å². The second-order valence-electron chi connectivity index (χ2n) is 6.92. The Morgan fingerprint density at radius 3 is 2.25 bits per heavy atom. The summed E-state index contributed by atoms with van der Waals surface area (Å²) in [6.07, 6.45) is 0. The summed E-state index contributed by atoms with van der Waals surface area (Å²) in [7, 11) is 1.68. The molecule has 2 aromatic heterocycles. The van der Waals surface area contributed by atoms with Crippen molar-refractivity contribution in [2.24, 2.45) is 0 Å². The Morgan fingerprint density at radius 1 is 0.786 bits per heavy atom. The zero-order valence-corrected chi connectivity index (χ0v) is 16.3. The average Bonchev–Trinajstić information content (AvgIpc) is 2.72. The lowest BCUT2D eigenvalue weighted by Gasteiger charge is -2.21. The summed E-state index contributed by atoms with van der Waals surface area (Å²) in [4.78, 5) is 9.32. The minimum Gasteiger partial charge on any atom is -0.497 e. The van der Waals surface area contributed by atoms with Crippen LogP contribution in [0, 0.1) is 13.8 Å². The van der Waals surface area contributed by atoms with Gasteiger partial charge in [0.1, 0.15) is 11.6 Å². The molecule has 4 heteroatoms. The van der Waals surface area contributed by atoms with Crippen molar-refractivity contribution in [3.63, 3.8) is 0 Å². The summed E-state index contributed by atoms with van der Waals surface area (Å²) in [6, 6.07) is 24.7. The van der Waals surface area contributed by atoms with Gasteiger partial charge in [0.05, 0.1) is 18.7 Å². The first-order chi connectivity index (χ1) is 13.6. The van der Waals surface area contributed by atoms with Gasteiger partial charge in [-0.25, -0.2) is 4.98 Å². The fourth-order valence-electron chi connectivity index (χ4n) is 3.34. The Balaban J connectivity index is 1.79. The van der Waals surface area contributed by atoms with Gasteiger partial charge in [0, 0.05) is 16.8 Å². The molecule has 0 spiro atoms.